The van der Waals surface area contributed by atoms with E-state index in [1.54, 1.807) is 0 Å². The van der Waals surface area contributed by atoms with Crippen LogP contribution in [0, 0.1) is 5.92 Å². The zero-order valence-corrected chi connectivity index (χ0v) is 10.3. The van der Waals surface area contributed by atoms with E-state index in [9.17, 15) is 0 Å². The van der Waals surface area contributed by atoms with Crippen molar-refractivity contribution in [3.63, 3.8) is 0 Å². The molecule has 2 rings (SSSR count). The molecule has 0 aromatic carbocycles. The summed E-state index contributed by atoms with van der Waals surface area (Å²) in [6, 6.07) is 6.12. The lowest BCUT2D eigenvalue weighted by Gasteiger charge is -2.36. The highest BCUT2D eigenvalue weighted by atomic mass is 15.3. The van der Waals surface area contributed by atoms with Gasteiger partial charge in [0.15, 0.2) is 0 Å². The highest BCUT2D eigenvalue weighted by Gasteiger charge is 2.17. The third-order valence-electron chi connectivity index (χ3n) is 2.97. The van der Waals surface area contributed by atoms with Gasteiger partial charge in [-0.15, -0.1) is 0 Å². The molecule has 0 bridgehead atoms. The van der Waals surface area contributed by atoms with E-state index >= 15 is 0 Å². The summed E-state index contributed by atoms with van der Waals surface area (Å²) < 4.78 is 0. The highest BCUT2D eigenvalue weighted by Crippen LogP contribution is 2.13. The average Bonchev–Trinajstić information content (AvgIpc) is 2.30. The largest absolute Gasteiger partial charge is 0.354 e. The number of anilines is 1. The first-order valence-electron chi connectivity index (χ1n) is 6.14. The molecule has 1 aliphatic rings. The Morgan fingerprint density at radius 3 is 2.50 bits per heavy atom. The molecule has 0 unspecified atom stereocenters. The molecule has 88 valence electrons. The third-order valence-corrected chi connectivity index (χ3v) is 2.97. The van der Waals surface area contributed by atoms with Gasteiger partial charge in [0.05, 0.1) is 0 Å². The fourth-order valence-corrected chi connectivity index (χ4v) is 2.22. The van der Waals surface area contributed by atoms with Crippen molar-refractivity contribution in [1.29, 1.82) is 0 Å². The number of hydrogen-bond acceptors (Lipinski definition) is 3. The molecule has 1 aromatic heterocycles. The number of aromatic nitrogens is 1. The first-order valence-corrected chi connectivity index (χ1v) is 6.14. The Morgan fingerprint density at radius 1 is 1.19 bits per heavy atom. The van der Waals surface area contributed by atoms with Crippen LogP contribution in [0.3, 0.4) is 0 Å². The van der Waals surface area contributed by atoms with Crippen molar-refractivity contribution in [3.05, 3.63) is 24.4 Å². The quantitative estimate of drug-likeness (QED) is 0.773. The van der Waals surface area contributed by atoms with Gasteiger partial charge in [-0.2, -0.15) is 0 Å². The molecule has 0 radical (unpaired) electrons. The summed E-state index contributed by atoms with van der Waals surface area (Å²) in [5.74, 6) is 1.88. The van der Waals surface area contributed by atoms with Crippen LogP contribution >= 0.6 is 0 Å². The predicted octanol–water partition coefficient (Wildman–Crippen LogP) is 1.86. The van der Waals surface area contributed by atoms with E-state index in [-0.39, 0.29) is 0 Å². The molecule has 3 nitrogen and oxygen atoms in total. The summed E-state index contributed by atoms with van der Waals surface area (Å²) in [5, 5.41) is 0. The molecule has 0 spiro atoms. The van der Waals surface area contributed by atoms with Crippen molar-refractivity contribution in [2.24, 2.45) is 5.92 Å². The Labute approximate surface area is 98.1 Å². The molecular weight excluding hydrogens is 198 g/mol. The minimum atomic E-state index is 0.765. The maximum Gasteiger partial charge on any atom is 0.128 e. The van der Waals surface area contributed by atoms with E-state index in [1.165, 1.54) is 6.54 Å². The number of nitrogens with zero attached hydrogens (tertiary/aromatic N) is 3. The number of rotatable bonds is 3. The summed E-state index contributed by atoms with van der Waals surface area (Å²) in [6.45, 7) is 10.3. The van der Waals surface area contributed by atoms with E-state index < -0.39 is 0 Å². The Bertz CT molecular complexity index is 302. The van der Waals surface area contributed by atoms with E-state index in [1.807, 2.05) is 12.3 Å². The third kappa shape index (κ3) is 2.95. The van der Waals surface area contributed by atoms with Crippen LogP contribution in [-0.2, 0) is 0 Å². The van der Waals surface area contributed by atoms with E-state index in [0.717, 1.165) is 37.9 Å². The van der Waals surface area contributed by atoms with Gasteiger partial charge in [-0.05, 0) is 18.1 Å². The SMILES string of the molecule is CC(C)CN1CCN(c2ccccn2)CC1. The monoisotopic (exact) mass is 219 g/mol. The lowest BCUT2D eigenvalue weighted by atomic mass is 10.2. The molecule has 0 atom stereocenters. The fourth-order valence-electron chi connectivity index (χ4n) is 2.22. The maximum absolute atomic E-state index is 4.40. The zero-order chi connectivity index (χ0) is 11.4. The maximum atomic E-state index is 4.40. The van der Waals surface area contributed by atoms with Crippen molar-refractivity contribution in [2.45, 2.75) is 13.8 Å². The van der Waals surface area contributed by atoms with E-state index in [0.29, 0.717) is 0 Å². The molecule has 1 aliphatic heterocycles. The van der Waals surface area contributed by atoms with Gasteiger partial charge in [-0.25, -0.2) is 4.98 Å². The summed E-state index contributed by atoms with van der Waals surface area (Å²) in [4.78, 5) is 9.31. The first kappa shape index (κ1) is 11.4. The molecule has 1 aromatic rings. The normalized spacial score (nSPS) is 18.1. The van der Waals surface area contributed by atoms with Crippen LogP contribution in [0.5, 0.6) is 0 Å². The lowest BCUT2D eigenvalue weighted by molar-refractivity contribution is 0.231. The Kier molecular flexibility index (Phi) is 3.78. The van der Waals surface area contributed by atoms with Crippen LogP contribution in [0.1, 0.15) is 13.8 Å². The van der Waals surface area contributed by atoms with Crippen LogP contribution in [0.15, 0.2) is 24.4 Å². The van der Waals surface area contributed by atoms with E-state index in [4.69, 9.17) is 0 Å². The van der Waals surface area contributed by atoms with Crippen molar-refractivity contribution < 1.29 is 0 Å². The van der Waals surface area contributed by atoms with Gasteiger partial charge in [-0.3, -0.25) is 4.90 Å². The minimum Gasteiger partial charge on any atom is -0.354 e. The van der Waals surface area contributed by atoms with Gasteiger partial charge >= 0.3 is 0 Å². The van der Waals surface area contributed by atoms with Crippen LogP contribution in [0.4, 0.5) is 5.82 Å². The molecule has 0 amide bonds. The van der Waals surface area contributed by atoms with Gasteiger partial charge in [-0.1, -0.05) is 19.9 Å². The molecule has 16 heavy (non-hydrogen) atoms. The standard InChI is InChI=1S/C13H21N3/c1-12(2)11-15-7-9-16(10-8-15)13-5-3-4-6-14-13/h3-6,12H,7-11H2,1-2H3. The summed E-state index contributed by atoms with van der Waals surface area (Å²) in [6.07, 6.45) is 1.87. The molecule has 2 heterocycles. The molecule has 0 saturated carbocycles. The smallest absolute Gasteiger partial charge is 0.128 e. The number of piperazine rings is 1. The van der Waals surface area contributed by atoms with Gasteiger partial charge in [0.2, 0.25) is 0 Å². The van der Waals surface area contributed by atoms with Crippen molar-refractivity contribution in [3.8, 4) is 0 Å². The Morgan fingerprint density at radius 2 is 1.94 bits per heavy atom. The van der Waals surface area contributed by atoms with Crippen LogP contribution < -0.4 is 4.90 Å². The second-order valence-corrected chi connectivity index (χ2v) is 4.87. The Hall–Kier alpha value is -1.09. The van der Waals surface area contributed by atoms with Crippen LogP contribution in [-0.4, -0.2) is 42.6 Å². The molecular formula is C13H21N3. The van der Waals surface area contributed by atoms with Crippen molar-refractivity contribution >= 4 is 5.82 Å². The second-order valence-electron chi connectivity index (χ2n) is 4.87. The predicted molar refractivity (Wildman–Crippen MR) is 67.7 cm³/mol. The Balaban J connectivity index is 1.86. The highest BCUT2D eigenvalue weighted by molar-refractivity contribution is 5.38. The van der Waals surface area contributed by atoms with Crippen molar-refractivity contribution in [1.82, 2.24) is 9.88 Å². The summed E-state index contributed by atoms with van der Waals surface area (Å²) in [7, 11) is 0. The first-order chi connectivity index (χ1) is 7.75. The number of pyridine rings is 1. The molecule has 0 N–H and O–H groups in total. The molecule has 3 heteroatoms. The molecule has 1 saturated heterocycles. The van der Waals surface area contributed by atoms with Gasteiger partial charge in [0.1, 0.15) is 5.82 Å². The molecule has 0 aliphatic carbocycles. The summed E-state index contributed by atoms with van der Waals surface area (Å²) in [5.41, 5.74) is 0. The van der Waals surface area contributed by atoms with E-state index in [2.05, 4.69) is 40.8 Å². The molecule has 1 fully saturated rings. The van der Waals surface area contributed by atoms with Crippen molar-refractivity contribution in [2.75, 3.05) is 37.6 Å². The van der Waals surface area contributed by atoms with Gasteiger partial charge in [0.25, 0.3) is 0 Å². The van der Waals surface area contributed by atoms with Gasteiger partial charge < -0.3 is 4.90 Å². The average molecular weight is 219 g/mol. The topological polar surface area (TPSA) is 19.4 Å². The van der Waals surface area contributed by atoms with Crippen LogP contribution in [0.2, 0.25) is 0 Å². The van der Waals surface area contributed by atoms with Crippen LogP contribution in [0.25, 0.3) is 0 Å². The second kappa shape index (κ2) is 5.30. The number of hydrogen-bond donors (Lipinski definition) is 0. The summed E-state index contributed by atoms with van der Waals surface area (Å²) >= 11 is 0. The van der Waals surface area contributed by atoms with Gasteiger partial charge in [0, 0.05) is 38.9 Å². The fraction of sp³-hybridized carbons (Fsp3) is 0.615. The lowest BCUT2D eigenvalue weighted by Crippen LogP contribution is -2.47. The zero-order valence-electron chi connectivity index (χ0n) is 10.3. The minimum absolute atomic E-state index is 0.765.